The number of hydrogen-bond acceptors (Lipinski definition) is 5. The van der Waals surface area contributed by atoms with Crippen molar-refractivity contribution in [1.29, 1.82) is 0 Å². The van der Waals surface area contributed by atoms with E-state index in [4.69, 9.17) is 4.42 Å². The van der Waals surface area contributed by atoms with Gasteiger partial charge in [0, 0.05) is 11.0 Å². The Labute approximate surface area is 134 Å². The van der Waals surface area contributed by atoms with Gasteiger partial charge in [0.05, 0.1) is 11.4 Å². The number of nitrogens with zero attached hydrogens (tertiary/aromatic N) is 4. The summed E-state index contributed by atoms with van der Waals surface area (Å²) in [5.41, 5.74) is 1.79. The van der Waals surface area contributed by atoms with Crippen LogP contribution in [0, 0.1) is 19.3 Å². The highest BCUT2D eigenvalue weighted by Gasteiger charge is 2.25. The molecule has 3 aromatic heterocycles. The second-order valence-corrected chi connectivity index (χ2v) is 6.89. The third-order valence-electron chi connectivity index (χ3n) is 3.94. The third kappa shape index (κ3) is 2.56. The number of furan rings is 1. The van der Waals surface area contributed by atoms with Crippen molar-refractivity contribution in [3.05, 3.63) is 23.5 Å². The molecule has 7 nitrogen and oxygen atoms in total. The summed E-state index contributed by atoms with van der Waals surface area (Å²) >= 11 is 0. The number of hydrogen-bond donors (Lipinski definition) is 1. The molecule has 0 aromatic carbocycles. The van der Waals surface area contributed by atoms with Crippen molar-refractivity contribution in [2.45, 2.75) is 47.6 Å². The average Bonchev–Trinajstić information content (AvgIpc) is 2.99. The van der Waals surface area contributed by atoms with Crippen LogP contribution in [0.15, 0.2) is 10.7 Å². The zero-order valence-corrected chi connectivity index (χ0v) is 14.3. The van der Waals surface area contributed by atoms with Gasteiger partial charge in [0.25, 0.3) is 0 Å². The van der Waals surface area contributed by atoms with Crippen molar-refractivity contribution in [1.82, 2.24) is 24.9 Å². The lowest BCUT2D eigenvalue weighted by atomic mass is 9.95. The summed E-state index contributed by atoms with van der Waals surface area (Å²) in [5.74, 6) is 1.33. The Bertz CT molecular complexity index is 901. The summed E-state index contributed by atoms with van der Waals surface area (Å²) < 4.78 is 7.25. The minimum atomic E-state index is -0.458. The lowest BCUT2D eigenvalue weighted by Crippen LogP contribution is -2.36. The molecule has 3 heterocycles. The standard InChI is InChI=1S/C16H21N5O2/c1-8-10(3)23-14-11(8)13-19-12(20-21(13)7-17-14)9(2)18-15(22)16(4,5)6/h7,9H,1-6H3,(H,18,22). The Morgan fingerprint density at radius 3 is 2.70 bits per heavy atom. The normalized spacial score (nSPS) is 13.7. The first-order chi connectivity index (χ1) is 10.7. The molecule has 0 bridgehead atoms. The van der Waals surface area contributed by atoms with Gasteiger partial charge in [-0.05, 0) is 20.8 Å². The molecule has 0 spiro atoms. The van der Waals surface area contributed by atoms with Crippen molar-refractivity contribution < 1.29 is 9.21 Å². The van der Waals surface area contributed by atoms with Crippen molar-refractivity contribution in [2.75, 3.05) is 0 Å². The minimum Gasteiger partial charge on any atom is -0.443 e. The fourth-order valence-electron chi connectivity index (χ4n) is 2.32. The fourth-order valence-corrected chi connectivity index (χ4v) is 2.32. The molecule has 0 saturated heterocycles. The van der Waals surface area contributed by atoms with Crippen molar-refractivity contribution in [3.63, 3.8) is 0 Å². The number of amides is 1. The molecule has 0 saturated carbocycles. The van der Waals surface area contributed by atoms with Gasteiger partial charge in [-0.3, -0.25) is 4.79 Å². The van der Waals surface area contributed by atoms with Crippen LogP contribution in [0.1, 0.15) is 50.9 Å². The molecule has 1 N–H and O–H groups in total. The Morgan fingerprint density at radius 2 is 2.04 bits per heavy atom. The first kappa shape index (κ1) is 15.5. The highest BCUT2D eigenvalue weighted by Crippen LogP contribution is 2.26. The number of carbonyl (C=O) groups excluding carboxylic acids is 1. The van der Waals surface area contributed by atoms with Gasteiger partial charge in [-0.2, -0.15) is 0 Å². The Morgan fingerprint density at radius 1 is 1.35 bits per heavy atom. The fraction of sp³-hybridized carbons (Fsp3) is 0.500. The molecule has 7 heteroatoms. The summed E-state index contributed by atoms with van der Waals surface area (Å²) in [6, 6.07) is -0.287. The van der Waals surface area contributed by atoms with E-state index in [2.05, 4.69) is 20.4 Å². The smallest absolute Gasteiger partial charge is 0.231 e. The summed E-state index contributed by atoms with van der Waals surface area (Å²) in [6.45, 7) is 11.4. The predicted octanol–water partition coefficient (Wildman–Crippen LogP) is 2.71. The van der Waals surface area contributed by atoms with Crippen LogP contribution in [-0.2, 0) is 4.79 Å². The first-order valence-electron chi connectivity index (χ1n) is 7.60. The van der Waals surface area contributed by atoms with E-state index in [0.29, 0.717) is 17.2 Å². The van der Waals surface area contributed by atoms with E-state index in [-0.39, 0.29) is 11.9 Å². The van der Waals surface area contributed by atoms with Crippen LogP contribution in [0.2, 0.25) is 0 Å². The van der Waals surface area contributed by atoms with Crippen molar-refractivity contribution >= 4 is 22.7 Å². The molecule has 0 aliphatic heterocycles. The quantitative estimate of drug-likeness (QED) is 0.786. The van der Waals surface area contributed by atoms with Crippen molar-refractivity contribution in [3.8, 4) is 0 Å². The Balaban J connectivity index is 2.03. The summed E-state index contributed by atoms with van der Waals surface area (Å²) in [7, 11) is 0. The van der Waals surface area contributed by atoms with Gasteiger partial charge in [-0.25, -0.2) is 14.5 Å². The van der Waals surface area contributed by atoms with Crippen LogP contribution in [0.25, 0.3) is 16.7 Å². The topological polar surface area (TPSA) is 85.3 Å². The summed E-state index contributed by atoms with van der Waals surface area (Å²) in [4.78, 5) is 21.0. The molecule has 23 heavy (non-hydrogen) atoms. The third-order valence-corrected chi connectivity index (χ3v) is 3.94. The largest absolute Gasteiger partial charge is 0.443 e. The van der Waals surface area contributed by atoms with E-state index in [1.54, 1.807) is 10.8 Å². The van der Waals surface area contributed by atoms with Gasteiger partial charge >= 0.3 is 0 Å². The second-order valence-electron chi connectivity index (χ2n) is 6.89. The van der Waals surface area contributed by atoms with E-state index in [0.717, 1.165) is 16.7 Å². The molecule has 1 unspecified atom stereocenters. The maximum absolute atomic E-state index is 12.1. The molecule has 0 aliphatic rings. The predicted molar refractivity (Wildman–Crippen MR) is 86.0 cm³/mol. The molecule has 0 aliphatic carbocycles. The lowest BCUT2D eigenvalue weighted by molar-refractivity contribution is -0.129. The average molecular weight is 315 g/mol. The monoisotopic (exact) mass is 315 g/mol. The molecule has 1 amide bonds. The highest BCUT2D eigenvalue weighted by atomic mass is 16.3. The number of rotatable bonds is 2. The molecular formula is C16H21N5O2. The molecule has 3 rings (SSSR count). The van der Waals surface area contributed by atoms with E-state index < -0.39 is 5.41 Å². The molecule has 0 radical (unpaired) electrons. The maximum atomic E-state index is 12.1. The molecule has 0 fully saturated rings. The first-order valence-corrected chi connectivity index (χ1v) is 7.60. The van der Waals surface area contributed by atoms with Gasteiger partial charge in [0.15, 0.2) is 11.5 Å². The zero-order valence-electron chi connectivity index (χ0n) is 14.3. The van der Waals surface area contributed by atoms with E-state index >= 15 is 0 Å². The molecule has 122 valence electrons. The molecular weight excluding hydrogens is 294 g/mol. The number of aryl methyl sites for hydroxylation is 2. The summed E-state index contributed by atoms with van der Waals surface area (Å²) in [5, 5.41) is 8.24. The van der Waals surface area contributed by atoms with Crippen LogP contribution in [0.5, 0.6) is 0 Å². The van der Waals surface area contributed by atoms with Gasteiger partial charge in [-0.1, -0.05) is 20.8 Å². The number of aromatic nitrogens is 4. The van der Waals surface area contributed by atoms with Crippen LogP contribution >= 0.6 is 0 Å². The van der Waals surface area contributed by atoms with Crippen LogP contribution in [0.4, 0.5) is 0 Å². The minimum absolute atomic E-state index is 0.0394. The zero-order chi connectivity index (χ0) is 16.9. The molecule has 1 atom stereocenters. The number of carbonyl (C=O) groups is 1. The Kier molecular flexibility index (Phi) is 3.39. The van der Waals surface area contributed by atoms with E-state index in [9.17, 15) is 4.79 Å². The van der Waals surface area contributed by atoms with Gasteiger partial charge in [-0.15, -0.1) is 5.10 Å². The van der Waals surface area contributed by atoms with E-state index in [1.165, 1.54) is 0 Å². The summed E-state index contributed by atoms with van der Waals surface area (Å²) in [6.07, 6.45) is 1.58. The Hall–Kier alpha value is -2.44. The van der Waals surface area contributed by atoms with Crippen LogP contribution in [0.3, 0.4) is 0 Å². The lowest BCUT2D eigenvalue weighted by Gasteiger charge is -2.20. The van der Waals surface area contributed by atoms with Gasteiger partial charge in [0.2, 0.25) is 11.6 Å². The number of nitrogens with one attached hydrogen (secondary N) is 1. The second kappa shape index (κ2) is 5.04. The molecule has 3 aromatic rings. The van der Waals surface area contributed by atoms with Crippen LogP contribution < -0.4 is 5.32 Å². The highest BCUT2D eigenvalue weighted by molar-refractivity contribution is 5.91. The van der Waals surface area contributed by atoms with E-state index in [1.807, 2.05) is 41.5 Å². The van der Waals surface area contributed by atoms with Crippen LogP contribution in [-0.4, -0.2) is 25.5 Å². The number of fused-ring (bicyclic) bond motifs is 3. The SMILES string of the molecule is Cc1oc2ncn3nc(C(C)NC(=O)C(C)(C)C)nc3c2c1C. The van der Waals surface area contributed by atoms with Gasteiger partial charge in [0.1, 0.15) is 12.1 Å². The maximum Gasteiger partial charge on any atom is 0.231 e. The van der Waals surface area contributed by atoms with Crippen molar-refractivity contribution in [2.24, 2.45) is 5.41 Å². The van der Waals surface area contributed by atoms with Gasteiger partial charge < -0.3 is 9.73 Å².